The van der Waals surface area contributed by atoms with Gasteiger partial charge in [0.2, 0.25) is 76.8 Å². The highest BCUT2D eigenvalue weighted by molar-refractivity contribution is 7.80. The molecule has 0 saturated carbocycles. The number of hydrogen-bond acceptors (Lipinski definition) is 22. The second-order valence-corrected chi connectivity index (χ2v) is 27.4. The van der Waals surface area contributed by atoms with Crippen LogP contribution in [0.3, 0.4) is 0 Å². The standard InChI is InChI=1S/C70H101N21O18S2/c1-8-34(4)57(69(108)109-7)91-66(105)51(31-111)89-68(107)56(33(2)3)90-64(103)47(23-38-27-78-43-17-12-10-15-41(38)43)85-60(99)45(19-20-52(71)93)84-63(102)49(25-54(95)96)87-62(101)46(22-37-26-77-42-16-11-9-14-40(37)42)82-53(94)29-79-58(97)35(5)81-61(100)48(24-39-28-75-32-80-39)86-59(98)44(18-13-21-76-70(73)74)83-65(104)50(30-110)88-67(106)55(72)36(6)92/h9-12,14-17,26-28,32-36,44-51,55-57,77-78,92,110-111H,8,13,18-25,29-31,72H2,1-7H3,(H2,71,93)(H,75,80)(H,79,97)(H,81,100)(H,82,94)(H,83,104)(H,84,102)(H,85,99)(H,86,98)(H,87,101)(H,88,106)(H,89,107)(H,90,103)(H,91,105)(H,95,96)(H4,73,74,76)/t34-,35-,36+,44-,45-,46-,47-,48-,49-,50-,51-,55-,56-,57-/m0/s1. The lowest BCUT2D eigenvalue weighted by Gasteiger charge is -2.29. The number of aromatic amines is 3. The Morgan fingerprint density at radius 3 is 1.51 bits per heavy atom. The molecule has 0 aliphatic heterocycles. The molecule has 111 heavy (non-hydrogen) atoms. The van der Waals surface area contributed by atoms with Gasteiger partial charge in [-0.1, -0.05) is 70.5 Å². The van der Waals surface area contributed by atoms with Crippen LogP contribution in [0.15, 0.2) is 78.4 Å². The number of fused-ring (bicyclic) bond motifs is 2. The molecule has 3 heterocycles. The van der Waals surface area contributed by atoms with E-state index in [1.807, 2.05) is 0 Å². The number of aliphatic hydroxyl groups is 1. The van der Waals surface area contributed by atoms with Crippen molar-refractivity contribution in [3.8, 4) is 0 Å². The number of aliphatic hydroxyl groups excluding tert-OH is 1. The summed E-state index contributed by atoms with van der Waals surface area (Å²) in [6.45, 7) is 8.33. The molecule has 0 bridgehead atoms. The number of benzene rings is 2. The number of carboxylic acid groups (broad SMARTS) is 1. The van der Waals surface area contributed by atoms with Gasteiger partial charge in [-0.3, -0.25) is 72.1 Å². The van der Waals surface area contributed by atoms with Crippen LogP contribution in [-0.4, -0.2) is 235 Å². The Balaban J connectivity index is 1.37. The summed E-state index contributed by atoms with van der Waals surface area (Å²) in [5, 5.41) is 51.2. The number of primary amides is 1. The van der Waals surface area contributed by atoms with Gasteiger partial charge < -0.3 is 117 Å². The minimum Gasteiger partial charge on any atom is -0.481 e. The number of para-hydroxylation sites is 2. The quantitative estimate of drug-likeness (QED) is 0.00571. The summed E-state index contributed by atoms with van der Waals surface area (Å²) in [6, 6.07) is -4.36. The molecule has 2 aromatic carbocycles. The fourth-order valence-electron chi connectivity index (χ4n) is 11.3. The van der Waals surface area contributed by atoms with Gasteiger partial charge in [0.05, 0.1) is 32.5 Å². The minimum absolute atomic E-state index is 0.000748. The van der Waals surface area contributed by atoms with E-state index in [0.29, 0.717) is 45.0 Å². The van der Waals surface area contributed by atoms with E-state index in [4.69, 9.17) is 27.7 Å². The number of rotatable bonds is 46. The molecule has 0 saturated heterocycles. The number of hydrogen-bond donors (Lipinski definition) is 23. The Bertz CT molecular complexity index is 4110. The van der Waals surface area contributed by atoms with Gasteiger partial charge in [-0.05, 0) is 68.2 Å². The van der Waals surface area contributed by atoms with E-state index in [9.17, 15) is 82.1 Å². The summed E-state index contributed by atoms with van der Waals surface area (Å²) < 4.78 is 4.89. The van der Waals surface area contributed by atoms with Gasteiger partial charge in [-0.25, -0.2) is 9.78 Å². The summed E-state index contributed by atoms with van der Waals surface area (Å²) in [5.41, 5.74) is 24.7. The van der Waals surface area contributed by atoms with Crippen molar-refractivity contribution in [2.45, 2.75) is 178 Å². The summed E-state index contributed by atoms with van der Waals surface area (Å²) in [4.78, 5) is 223. The van der Waals surface area contributed by atoms with Crippen LogP contribution in [0.25, 0.3) is 21.8 Å². The highest BCUT2D eigenvalue weighted by Crippen LogP contribution is 2.22. The van der Waals surface area contributed by atoms with E-state index < -0.39 is 199 Å². The Hall–Kier alpha value is -11.3. The topological polar surface area (TPSA) is 627 Å². The third-order valence-electron chi connectivity index (χ3n) is 17.8. The average molecular weight is 1590 g/mol. The van der Waals surface area contributed by atoms with Crippen LogP contribution >= 0.6 is 25.3 Å². The Labute approximate surface area is 649 Å². The lowest BCUT2D eigenvalue weighted by molar-refractivity contribution is -0.147. The van der Waals surface area contributed by atoms with Crippen molar-refractivity contribution < 1.29 is 86.9 Å². The molecule has 0 aliphatic rings. The number of ether oxygens (including phenoxy) is 1. The Morgan fingerprint density at radius 2 is 1.01 bits per heavy atom. The van der Waals surface area contributed by atoms with Gasteiger partial charge in [0.15, 0.2) is 5.96 Å². The highest BCUT2D eigenvalue weighted by Gasteiger charge is 2.38. The van der Waals surface area contributed by atoms with Crippen LogP contribution < -0.4 is 86.7 Å². The molecule has 5 rings (SSSR count). The molecule has 5 aromatic rings. The maximum Gasteiger partial charge on any atom is 0.328 e. The first-order valence-electron chi connectivity index (χ1n) is 35.6. The zero-order valence-corrected chi connectivity index (χ0v) is 64.1. The van der Waals surface area contributed by atoms with E-state index in [0.717, 1.165) is 7.11 Å². The maximum absolute atomic E-state index is 14.7. The van der Waals surface area contributed by atoms with Gasteiger partial charge in [0, 0.05) is 89.8 Å². The lowest BCUT2D eigenvalue weighted by atomic mass is 9.98. The number of carbonyl (C=O) groups excluding carboxylic acids is 14. The second-order valence-electron chi connectivity index (χ2n) is 26.7. The van der Waals surface area contributed by atoms with E-state index in [2.05, 4.69) is 114 Å². The number of imidazole rings is 1. The number of guanidine groups is 1. The Kier molecular flexibility index (Phi) is 36.1. The third kappa shape index (κ3) is 28.2. The number of H-pyrrole nitrogens is 3. The molecule has 0 fully saturated rings. The van der Waals surface area contributed by atoms with Crippen LogP contribution in [0, 0.1) is 11.8 Å². The maximum atomic E-state index is 14.7. The van der Waals surface area contributed by atoms with Gasteiger partial charge in [-0.15, -0.1) is 0 Å². The first-order valence-corrected chi connectivity index (χ1v) is 36.8. The van der Waals surface area contributed by atoms with E-state index >= 15 is 0 Å². The number of nitrogens with zero attached hydrogens (tertiary/aromatic N) is 2. The molecule has 606 valence electrons. The SMILES string of the molecule is CC[C@H](C)[C@H](NC(=O)[C@H](CS)NC(=O)[C@@H](NC(=O)[C@H](Cc1c[nH]c2ccccc12)NC(=O)[C@H](CCC(N)=O)NC(=O)[C@H](CC(=O)O)NC(=O)[C@H](Cc1c[nH]c2ccccc12)NC(=O)CNC(=O)[C@H](C)NC(=O)[C@H](Cc1cnc[nH]1)NC(=O)[C@H](CCCN=C(N)N)NC(=O)[C@H](CS)NC(=O)[C@@H](N)[C@@H](C)O)C(C)C)C(=O)OC. The minimum atomic E-state index is -2.06. The van der Waals surface area contributed by atoms with Crippen LogP contribution in [0.5, 0.6) is 0 Å². The predicted molar refractivity (Wildman–Crippen MR) is 410 cm³/mol. The van der Waals surface area contributed by atoms with E-state index in [1.165, 1.54) is 32.6 Å². The lowest BCUT2D eigenvalue weighted by Crippen LogP contribution is -2.61. The monoisotopic (exact) mass is 1590 g/mol. The zero-order chi connectivity index (χ0) is 82.3. The molecule has 0 unspecified atom stereocenters. The first kappa shape index (κ1) is 90.3. The number of carboxylic acids is 1. The molecule has 39 nitrogen and oxygen atoms in total. The van der Waals surface area contributed by atoms with Crippen LogP contribution in [0.1, 0.15) is 96.9 Å². The molecule has 0 spiro atoms. The van der Waals surface area contributed by atoms with Crippen molar-refractivity contribution in [3.63, 3.8) is 0 Å². The van der Waals surface area contributed by atoms with Gasteiger partial charge in [0.25, 0.3) is 0 Å². The molecular formula is C70H101N21O18S2. The Morgan fingerprint density at radius 1 is 0.550 bits per heavy atom. The third-order valence-corrected chi connectivity index (χ3v) is 18.6. The first-order chi connectivity index (χ1) is 52.6. The van der Waals surface area contributed by atoms with Gasteiger partial charge >= 0.3 is 11.9 Å². The summed E-state index contributed by atoms with van der Waals surface area (Å²) in [7, 11) is 1.16. The number of amides is 13. The number of nitrogens with two attached hydrogens (primary N) is 4. The summed E-state index contributed by atoms with van der Waals surface area (Å²) in [5.74, 6) is -17.0. The molecule has 0 aliphatic carbocycles. The number of aliphatic imine (C=N–C) groups is 1. The van der Waals surface area contributed by atoms with Gasteiger partial charge in [-0.2, -0.15) is 25.3 Å². The van der Waals surface area contributed by atoms with Crippen molar-refractivity contribution in [2.24, 2.45) is 39.8 Å². The number of methoxy groups -OCH3 is 1. The molecule has 14 atom stereocenters. The number of thiol groups is 2. The van der Waals surface area contributed by atoms with Crippen LogP contribution in [-0.2, 0) is 95.9 Å². The number of esters is 1. The molecule has 13 amide bonds. The number of carbonyl (C=O) groups is 15. The predicted octanol–water partition coefficient (Wildman–Crippen LogP) is -4.89. The number of aliphatic carboxylic acids is 1. The van der Waals surface area contributed by atoms with Gasteiger partial charge in [0.1, 0.15) is 72.5 Å². The van der Waals surface area contributed by atoms with E-state index in [-0.39, 0.29) is 62.0 Å². The van der Waals surface area contributed by atoms with E-state index in [1.54, 1.807) is 82.4 Å². The van der Waals surface area contributed by atoms with Crippen molar-refractivity contribution in [3.05, 3.63) is 90.3 Å². The number of nitrogens with one attached hydrogen (secondary N) is 15. The molecule has 41 heteroatoms. The average Bonchev–Trinajstić information content (AvgIpc) is 1.70. The molecular weight excluding hydrogens is 1490 g/mol. The molecule has 25 N–H and O–H groups in total. The zero-order valence-electron chi connectivity index (χ0n) is 62.3. The summed E-state index contributed by atoms with van der Waals surface area (Å²) in [6.07, 6.45) is 1.73. The molecule has 0 radical (unpaired) electrons. The number of aromatic nitrogens is 4. The van der Waals surface area contributed by atoms with Crippen LogP contribution in [0.2, 0.25) is 0 Å². The van der Waals surface area contributed by atoms with Crippen molar-refractivity contribution in [1.82, 2.24) is 83.7 Å². The van der Waals surface area contributed by atoms with Crippen molar-refractivity contribution in [2.75, 3.05) is 31.7 Å². The highest BCUT2D eigenvalue weighted by atomic mass is 32.1. The smallest absolute Gasteiger partial charge is 0.328 e. The second kappa shape index (κ2) is 44.4. The van der Waals surface area contributed by atoms with Crippen molar-refractivity contribution >= 4 is 142 Å². The largest absolute Gasteiger partial charge is 0.481 e. The molecule has 3 aromatic heterocycles. The fourth-order valence-corrected chi connectivity index (χ4v) is 11.8. The normalized spacial score (nSPS) is 15.0. The van der Waals surface area contributed by atoms with Crippen molar-refractivity contribution in [1.29, 1.82) is 0 Å². The van der Waals surface area contributed by atoms with Crippen LogP contribution in [0.4, 0.5) is 0 Å². The summed E-state index contributed by atoms with van der Waals surface area (Å²) >= 11 is 8.43. The fraction of sp³-hybridized carbons (Fsp3) is 0.500.